The van der Waals surface area contributed by atoms with Gasteiger partial charge in [0, 0.05) is 4.90 Å². The van der Waals surface area contributed by atoms with Crippen molar-refractivity contribution in [3.63, 3.8) is 0 Å². The Labute approximate surface area is 296 Å². The van der Waals surface area contributed by atoms with Gasteiger partial charge in [0.1, 0.15) is 0 Å². The SMILES string of the molecule is Cc1ccc(-c2ccc3c4ccccc4c4ccccc4c3c2)cc1-c1cc(-c2ccc3c4ccccc4c4ccccc4c3c2)ccc1S. The second-order valence-electron chi connectivity index (χ2n) is 13.5. The minimum Gasteiger partial charge on any atom is -0.143 e. The first-order valence-electron chi connectivity index (χ1n) is 17.2. The van der Waals surface area contributed by atoms with Crippen LogP contribution >= 0.6 is 12.6 Å². The van der Waals surface area contributed by atoms with E-state index in [1.165, 1.54) is 98.0 Å². The molecule has 0 N–H and O–H groups in total. The number of fused-ring (bicyclic) bond motifs is 12. The molecule has 0 unspecified atom stereocenters. The monoisotopic (exact) mass is 652 g/mol. The number of rotatable bonds is 3. The summed E-state index contributed by atoms with van der Waals surface area (Å²) in [6.45, 7) is 2.20. The molecule has 0 aliphatic carbocycles. The van der Waals surface area contributed by atoms with Gasteiger partial charge in [0.05, 0.1) is 0 Å². The van der Waals surface area contributed by atoms with Gasteiger partial charge in [-0.15, -0.1) is 12.6 Å². The summed E-state index contributed by atoms with van der Waals surface area (Å²) in [6, 6.07) is 62.5. The van der Waals surface area contributed by atoms with E-state index in [4.69, 9.17) is 12.6 Å². The molecule has 0 aromatic heterocycles. The Morgan fingerprint density at radius 2 is 0.580 bits per heavy atom. The van der Waals surface area contributed by atoms with E-state index in [0.29, 0.717) is 0 Å². The third kappa shape index (κ3) is 4.47. The summed E-state index contributed by atoms with van der Waals surface area (Å²) in [5, 5.41) is 15.5. The molecule has 0 saturated heterocycles. The standard InChI is InChI=1S/C49H32S/c1-30-18-19-31(32-20-23-43-39-14-4-2-10-35(39)37-12-6-8-16-41(37)46(43)27-32)26-45(30)48-29-34(22-25-49(48)50)33-21-24-44-40-15-5-3-11-36(40)38-13-7-9-17-42(38)47(44)28-33/h2-29,50H,1H3. The summed E-state index contributed by atoms with van der Waals surface area (Å²) >= 11 is 5.01. The van der Waals surface area contributed by atoms with Crippen LogP contribution in [0.2, 0.25) is 0 Å². The van der Waals surface area contributed by atoms with Crippen molar-refractivity contribution in [3.8, 4) is 33.4 Å². The van der Waals surface area contributed by atoms with Crippen LogP contribution in [0.1, 0.15) is 5.56 Å². The molecule has 0 spiro atoms. The fraction of sp³-hybridized carbons (Fsp3) is 0.0204. The van der Waals surface area contributed by atoms with E-state index in [1.807, 2.05) is 0 Å². The normalized spacial score (nSPS) is 11.8. The zero-order valence-corrected chi connectivity index (χ0v) is 28.5. The maximum absolute atomic E-state index is 5.01. The van der Waals surface area contributed by atoms with Gasteiger partial charge in [-0.1, -0.05) is 140 Å². The molecule has 0 amide bonds. The van der Waals surface area contributed by atoms with Crippen LogP contribution in [0.25, 0.3) is 98.0 Å². The van der Waals surface area contributed by atoms with Crippen LogP contribution < -0.4 is 0 Å². The molecule has 0 bridgehead atoms. The third-order valence-electron chi connectivity index (χ3n) is 10.7. The van der Waals surface area contributed by atoms with E-state index in [0.717, 1.165) is 10.5 Å². The van der Waals surface area contributed by atoms with E-state index in [-0.39, 0.29) is 0 Å². The predicted octanol–water partition coefficient (Wildman–Crippen LogP) is 14.2. The van der Waals surface area contributed by atoms with E-state index >= 15 is 0 Å². The average molecular weight is 653 g/mol. The quantitative estimate of drug-likeness (QED) is 0.142. The summed E-state index contributed by atoms with van der Waals surface area (Å²) < 4.78 is 0. The van der Waals surface area contributed by atoms with Crippen LogP contribution in [0.15, 0.2) is 175 Å². The molecule has 0 saturated carbocycles. The Balaban J connectivity index is 1.12. The molecular weight excluding hydrogens is 621 g/mol. The fourth-order valence-electron chi connectivity index (χ4n) is 8.20. The highest BCUT2D eigenvalue weighted by molar-refractivity contribution is 7.80. The second-order valence-corrected chi connectivity index (χ2v) is 13.9. The molecule has 50 heavy (non-hydrogen) atoms. The molecule has 0 fully saturated rings. The molecule has 0 radical (unpaired) electrons. The van der Waals surface area contributed by atoms with Crippen LogP contribution in [0.3, 0.4) is 0 Å². The van der Waals surface area contributed by atoms with Crippen molar-refractivity contribution >= 4 is 77.3 Å². The van der Waals surface area contributed by atoms with Crippen molar-refractivity contribution < 1.29 is 0 Å². The first-order chi connectivity index (χ1) is 24.6. The van der Waals surface area contributed by atoms with Crippen molar-refractivity contribution in [1.82, 2.24) is 0 Å². The van der Waals surface area contributed by atoms with Crippen molar-refractivity contribution in [2.24, 2.45) is 0 Å². The summed E-state index contributed by atoms with van der Waals surface area (Å²) in [5.74, 6) is 0. The second kappa shape index (κ2) is 11.3. The first kappa shape index (κ1) is 29.1. The van der Waals surface area contributed by atoms with Crippen LogP contribution in [0.5, 0.6) is 0 Å². The van der Waals surface area contributed by atoms with Crippen molar-refractivity contribution in [1.29, 1.82) is 0 Å². The maximum Gasteiger partial charge on any atom is 0.0119 e. The molecule has 0 aliphatic heterocycles. The van der Waals surface area contributed by atoms with Gasteiger partial charge in [-0.2, -0.15) is 0 Å². The van der Waals surface area contributed by atoms with E-state index < -0.39 is 0 Å². The summed E-state index contributed by atoms with van der Waals surface area (Å²) in [7, 11) is 0. The molecule has 0 aliphatic rings. The maximum atomic E-state index is 5.01. The molecule has 0 atom stereocenters. The van der Waals surface area contributed by atoms with Gasteiger partial charge in [0.2, 0.25) is 0 Å². The summed E-state index contributed by atoms with van der Waals surface area (Å²) in [5.41, 5.74) is 8.38. The van der Waals surface area contributed by atoms with Crippen LogP contribution in [-0.4, -0.2) is 0 Å². The van der Waals surface area contributed by atoms with Gasteiger partial charge in [0.25, 0.3) is 0 Å². The molecule has 1 heteroatoms. The Morgan fingerprint density at radius 3 is 1.00 bits per heavy atom. The summed E-state index contributed by atoms with van der Waals surface area (Å²) in [4.78, 5) is 0.974. The van der Waals surface area contributed by atoms with Crippen LogP contribution in [-0.2, 0) is 0 Å². The lowest BCUT2D eigenvalue weighted by Gasteiger charge is -2.16. The molecule has 10 rings (SSSR count). The van der Waals surface area contributed by atoms with Crippen LogP contribution in [0.4, 0.5) is 0 Å². The first-order valence-corrected chi connectivity index (χ1v) is 17.7. The zero-order valence-electron chi connectivity index (χ0n) is 27.6. The lowest BCUT2D eigenvalue weighted by Crippen LogP contribution is -1.90. The molecule has 0 heterocycles. The van der Waals surface area contributed by atoms with Gasteiger partial charge < -0.3 is 0 Å². The van der Waals surface area contributed by atoms with Crippen molar-refractivity contribution in [2.45, 2.75) is 11.8 Å². The fourth-order valence-corrected chi connectivity index (χ4v) is 8.46. The van der Waals surface area contributed by atoms with Crippen LogP contribution in [0, 0.1) is 6.92 Å². The Kier molecular flexibility index (Phi) is 6.59. The van der Waals surface area contributed by atoms with Gasteiger partial charge in [0.15, 0.2) is 0 Å². The highest BCUT2D eigenvalue weighted by atomic mass is 32.1. The average Bonchev–Trinajstić information content (AvgIpc) is 3.18. The van der Waals surface area contributed by atoms with Crippen molar-refractivity contribution in [2.75, 3.05) is 0 Å². The zero-order chi connectivity index (χ0) is 33.3. The lowest BCUT2D eigenvalue weighted by atomic mass is 9.89. The Bertz CT molecular complexity index is 2730. The van der Waals surface area contributed by atoms with Crippen molar-refractivity contribution in [3.05, 3.63) is 175 Å². The highest BCUT2D eigenvalue weighted by Gasteiger charge is 2.14. The van der Waals surface area contributed by atoms with Gasteiger partial charge in [-0.05, 0) is 141 Å². The third-order valence-corrected chi connectivity index (χ3v) is 11.1. The van der Waals surface area contributed by atoms with Gasteiger partial charge >= 0.3 is 0 Å². The minimum atomic E-state index is 0.974. The molecule has 10 aromatic rings. The Hall–Kier alpha value is -5.89. The smallest absolute Gasteiger partial charge is 0.0119 e. The van der Waals surface area contributed by atoms with E-state index in [9.17, 15) is 0 Å². The number of hydrogen-bond donors (Lipinski definition) is 1. The van der Waals surface area contributed by atoms with Gasteiger partial charge in [-0.25, -0.2) is 0 Å². The number of benzene rings is 10. The topological polar surface area (TPSA) is 0 Å². The van der Waals surface area contributed by atoms with E-state index in [2.05, 4.69) is 177 Å². The lowest BCUT2D eigenvalue weighted by molar-refractivity contribution is 1.40. The molecule has 10 aromatic carbocycles. The molecule has 0 nitrogen and oxygen atoms in total. The Morgan fingerprint density at radius 1 is 0.280 bits per heavy atom. The van der Waals surface area contributed by atoms with Gasteiger partial charge in [-0.3, -0.25) is 0 Å². The summed E-state index contributed by atoms with van der Waals surface area (Å²) in [6.07, 6.45) is 0. The number of aryl methyl sites for hydroxylation is 1. The number of hydrogen-bond acceptors (Lipinski definition) is 1. The largest absolute Gasteiger partial charge is 0.143 e. The molecular formula is C49H32S. The number of thiol groups is 1. The van der Waals surface area contributed by atoms with E-state index in [1.54, 1.807) is 0 Å². The predicted molar refractivity (Wildman–Crippen MR) is 220 cm³/mol. The highest BCUT2D eigenvalue weighted by Crippen LogP contribution is 2.41. The molecule has 234 valence electrons. The minimum absolute atomic E-state index is 0.974.